The Balaban J connectivity index is 2.31. The van der Waals surface area contributed by atoms with Crippen LogP contribution in [0, 0.1) is 12.8 Å². The number of amides is 1. The summed E-state index contributed by atoms with van der Waals surface area (Å²) in [6, 6.07) is 3.25. The van der Waals surface area contributed by atoms with Crippen LogP contribution in [-0.4, -0.2) is 32.9 Å². The number of phenols is 1. The third-order valence-electron chi connectivity index (χ3n) is 6.02. The van der Waals surface area contributed by atoms with Crippen molar-refractivity contribution in [1.82, 2.24) is 0 Å². The lowest BCUT2D eigenvalue weighted by atomic mass is 9.51. The van der Waals surface area contributed by atoms with E-state index in [0.717, 1.165) is 18.4 Å². The van der Waals surface area contributed by atoms with Crippen LogP contribution < -0.4 is 5.73 Å². The second kappa shape index (κ2) is 5.60. The maximum Gasteiger partial charge on any atom is 0.252 e. The van der Waals surface area contributed by atoms with E-state index in [2.05, 4.69) is 0 Å². The molecule has 2 aliphatic carbocycles. The van der Waals surface area contributed by atoms with E-state index < -0.39 is 23.0 Å². The number of aromatic hydroxyl groups is 1. The number of rotatable bonds is 2. The number of hydrogen-bond donors (Lipinski definition) is 4. The lowest BCUT2D eigenvalue weighted by molar-refractivity contribution is -0.0918. The molecular formula is C19H25NO4. The number of hydrogen-bond acceptors (Lipinski definition) is 4. The molecule has 1 aromatic rings. The van der Waals surface area contributed by atoms with Crippen molar-refractivity contribution in [3.8, 4) is 5.75 Å². The van der Waals surface area contributed by atoms with Crippen LogP contribution in [0.5, 0.6) is 5.75 Å². The lowest BCUT2D eigenvalue weighted by Crippen LogP contribution is -2.60. The normalized spacial score (nSPS) is 35.5. The summed E-state index contributed by atoms with van der Waals surface area (Å²) in [7, 11) is 0. The highest BCUT2D eigenvalue weighted by Crippen LogP contribution is 2.57. The average Bonchev–Trinajstić information content (AvgIpc) is 2.49. The number of aryl methyl sites for hydroxylation is 1. The van der Waals surface area contributed by atoms with E-state index >= 15 is 0 Å². The first-order valence-electron chi connectivity index (χ1n) is 8.45. The minimum atomic E-state index is -1.18. The summed E-state index contributed by atoms with van der Waals surface area (Å²) >= 11 is 0. The summed E-state index contributed by atoms with van der Waals surface area (Å²) in [6.07, 6.45) is 5.29. The summed E-state index contributed by atoms with van der Waals surface area (Å²) in [5.74, 6) is -0.895. The quantitative estimate of drug-likeness (QED) is 0.621. The van der Waals surface area contributed by atoms with Crippen LogP contribution in [0.2, 0.25) is 0 Å². The van der Waals surface area contributed by atoms with E-state index in [1.165, 1.54) is 6.07 Å². The van der Waals surface area contributed by atoms with Gasteiger partial charge in [-0.15, -0.1) is 0 Å². The van der Waals surface area contributed by atoms with Gasteiger partial charge < -0.3 is 21.1 Å². The fraction of sp³-hybridized carbons (Fsp3) is 0.526. The molecule has 0 aromatic heterocycles. The zero-order valence-corrected chi connectivity index (χ0v) is 14.1. The van der Waals surface area contributed by atoms with Gasteiger partial charge in [0.05, 0.1) is 17.3 Å². The minimum absolute atomic E-state index is 0.0222. The van der Waals surface area contributed by atoms with Gasteiger partial charge in [0.15, 0.2) is 0 Å². The topological polar surface area (TPSA) is 104 Å². The highest BCUT2D eigenvalue weighted by atomic mass is 16.3. The first-order valence-corrected chi connectivity index (χ1v) is 8.45. The fourth-order valence-corrected chi connectivity index (χ4v) is 4.80. The van der Waals surface area contributed by atoms with Gasteiger partial charge in [0.25, 0.3) is 5.91 Å². The van der Waals surface area contributed by atoms with Crippen LogP contribution in [0.15, 0.2) is 24.3 Å². The van der Waals surface area contributed by atoms with Crippen molar-refractivity contribution in [2.24, 2.45) is 11.7 Å². The zero-order valence-electron chi connectivity index (χ0n) is 14.1. The summed E-state index contributed by atoms with van der Waals surface area (Å²) in [5.41, 5.74) is 4.75. The van der Waals surface area contributed by atoms with Crippen molar-refractivity contribution in [3.05, 3.63) is 41.0 Å². The molecule has 0 saturated heterocycles. The molecule has 5 N–H and O–H groups in total. The van der Waals surface area contributed by atoms with E-state index in [4.69, 9.17) is 5.73 Å². The van der Waals surface area contributed by atoms with Crippen molar-refractivity contribution in [2.75, 3.05) is 0 Å². The Hall–Kier alpha value is -1.85. The predicted octanol–water partition coefficient (Wildman–Crippen LogP) is 1.91. The molecule has 0 heterocycles. The minimum Gasteiger partial charge on any atom is -0.507 e. The van der Waals surface area contributed by atoms with Crippen LogP contribution in [0.25, 0.3) is 0 Å². The number of primary amides is 1. The summed E-state index contributed by atoms with van der Waals surface area (Å²) in [4.78, 5) is 11.7. The standard InChI is InChI=1S/C19H25NO4/c1-11-5-6-14(17(20)23)16(22)15(11)18-8-3-4-12(2)19(18,24)9-7-13(21)10-18/h5-7,9,12-13,21-22,24H,3-4,8,10H2,1-2H3,(H2,20,23)/t12-,13?,18+,19+/m0/s1. The molecule has 1 aromatic carbocycles. The van der Waals surface area contributed by atoms with Crippen molar-refractivity contribution >= 4 is 5.91 Å². The predicted molar refractivity (Wildman–Crippen MR) is 90.8 cm³/mol. The Morgan fingerprint density at radius 3 is 2.75 bits per heavy atom. The van der Waals surface area contributed by atoms with Crippen LogP contribution in [-0.2, 0) is 5.41 Å². The number of fused-ring (bicyclic) bond motifs is 1. The summed E-state index contributed by atoms with van der Waals surface area (Å²) in [5, 5.41) is 32.6. The molecule has 1 amide bonds. The number of carbonyl (C=O) groups excluding carboxylic acids is 1. The Labute approximate surface area is 141 Å². The van der Waals surface area contributed by atoms with Crippen molar-refractivity contribution in [2.45, 2.75) is 56.7 Å². The van der Waals surface area contributed by atoms with Gasteiger partial charge in [0.1, 0.15) is 5.75 Å². The van der Waals surface area contributed by atoms with Gasteiger partial charge in [-0.1, -0.05) is 31.6 Å². The molecule has 1 fully saturated rings. The summed E-state index contributed by atoms with van der Waals surface area (Å²) < 4.78 is 0. The number of nitrogens with two attached hydrogens (primary N) is 1. The van der Waals surface area contributed by atoms with Gasteiger partial charge in [0, 0.05) is 11.0 Å². The number of benzene rings is 1. The maximum atomic E-state index is 11.7. The van der Waals surface area contributed by atoms with E-state index in [9.17, 15) is 20.1 Å². The Morgan fingerprint density at radius 1 is 1.38 bits per heavy atom. The SMILES string of the molecule is Cc1ccc(C(N)=O)c(O)c1[C@]12CCC[C@H](C)[C@]1(O)C=CC(O)C2. The van der Waals surface area contributed by atoms with Crippen molar-refractivity contribution in [1.29, 1.82) is 0 Å². The van der Waals surface area contributed by atoms with Crippen molar-refractivity contribution in [3.63, 3.8) is 0 Å². The second-order valence-corrected chi connectivity index (χ2v) is 7.35. The van der Waals surface area contributed by atoms with E-state index in [0.29, 0.717) is 18.4 Å². The Morgan fingerprint density at radius 2 is 2.08 bits per heavy atom. The molecule has 24 heavy (non-hydrogen) atoms. The molecule has 0 bridgehead atoms. The first-order chi connectivity index (χ1) is 11.2. The van der Waals surface area contributed by atoms with Gasteiger partial charge >= 0.3 is 0 Å². The molecule has 3 rings (SSSR count). The molecular weight excluding hydrogens is 306 g/mol. The first kappa shape index (κ1) is 17.0. The molecule has 5 heteroatoms. The largest absolute Gasteiger partial charge is 0.507 e. The number of carbonyl (C=O) groups is 1. The van der Waals surface area contributed by atoms with Crippen LogP contribution in [0.3, 0.4) is 0 Å². The van der Waals surface area contributed by atoms with Gasteiger partial charge in [-0.05, 0) is 43.7 Å². The molecule has 4 atom stereocenters. The molecule has 130 valence electrons. The third kappa shape index (κ3) is 2.19. The van der Waals surface area contributed by atoms with E-state index in [1.54, 1.807) is 18.2 Å². The van der Waals surface area contributed by atoms with Crippen molar-refractivity contribution < 1.29 is 20.1 Å². The fourth-order valence-electron chi connectivity index (χ4n) is 4.80. The Bertz CT molecular complexity index is 714. The number of aliphatic hydroxyl groups excluding tert-OH is 1. The molecule has 0 aliphatic heterocycles. The lowest BCUT2D eigenvalue weighted by Gasteiger charge is -2.56. The smallest absolute Gasteiger partial charge is 0.252 e. The van der Waals surface area contributed by atoms with Crippen LogP contribution in [0.4, 0.5) is 0 Å². The van der Waals surface area contributed by atoms with Crippen LogP contribution in [0.1, 0.15) is 54.1 Å². The Kier molecular flexibility index (Phi) is 3.97. The van der Waals surface area contributed by atoms with Crippen LogP contribution >= 0.6 is 0 Å². The molecule has 0 radical (unpaired) electrons. The second-order valence-electron chi connectivity index (χ2n) is 7.35. The third-order valence-corrected chi connectivity index (χ3v) is 6.02. The number of aliphatic hydroxyl groups is 2. The molecule has 1 saturated carbocycles. The highest BCUT2D eigenvalue weighted by Gasteiger charge is 2.58. The average molecular weight is 331 g/mol. The monoisotopic (exact) mass is 331 g/mol. The highest BCUT2D eigenvalue weighted by molar-refractivity contribution is 5.96. The summed E-state index contributed by atoms with van der Waals surface area (Å²) in [6.45, 7) is 3.83. The van der Waals surface area contributed by atoms with E-state index in [1.807, 2.05) is 13.8 Å². The molecule has 5 nitrogen and oxygen atoms in total. The van der Waals surface area contributed by atoms with Gasteiger partial charge in [-0.2, -0.15) is 0 Å². The van der Waals surface area contributed by atoms with Gasteiger partial charge in [-0.25, -0.2) is 0 Å². The van der Waals surface area contributed by atoms with Gasteiger partial charge in [0.2, 0.25) is 0 Å². The zero-order chi connectivity index (χ0) is 17.7. The molecule has 1 unspecified atom stereocenters. The van der Waals surface area contributed by atoms with Gasteiger partial charge in [-0.3, -0.25) is 4.79 Å². The van der Waals surface area contributed by atoms with E-state index in [-0.39, 0.29) is 17.2 Å². The molecule has 0 spiro atoms. The maximum absolute atomic E-state index is 11.7. The molecule has 2 aliphatic rings.